The summed E-state index contributed by atoms with van der Waals surface area (Å²) < 4.78 is 0. The smallest absolute Gasteiger partial charge is 0.0213 e. The van der Waals surface area contributed by atoms with Crippen molar-refractivity contribution < 1.29 is 0 Å². The van der Waals surface area contributed by atoms with Crippen LogP contribution >= 0.6 is 0 Å². The minimum absolute atomic E-state index is 0.500. The van der Waals surface area contributed by atoms with Gasteiger partial charge in [-0.25, -0.2) is 0 Å². The number of rotatable bonds is 104. The molecule has 674 valence electrons. The van der Waals surface area contributed by atoms with Crippen LogP contribution in [0, 0.1) is 16.7 Å². The number of hydrogen-bond donors (Lipinski definition) is 0. The summed E-state index contributed by atoms with van der Waals surface area (Å²) in [6.45, 7) is 16.6. The average molecular weight is 1570 g/mol. The molecule has 0 heteroatoms. The first-order chi connectivity index (χ1) is 55.6. The minimum Gasteiger partial charge on any atom is -0.0654 e. The van der Waals surface area contributed by atoms with E-state index in [0.717, 1.165) is 5.92 Å². The Bertz CT molecular complexity index is 1600. The highest BCUT2D eigenvalue weighted by molar-refractivity contribution is 5.02. The first-order valence-electron chi connectivity index (χ1n) is 55.6. The normalized spacial score (nSPS) is 13.3. The van der Waals surface area contributed by atoms with Crippen molar-refractivity contribution in [1.82, 2.24) is 0 Å². The van der Waals surface area contributed by atoms with Crippen LogP contribution in [0.2, 0.25) is 0 Å². The van der Waals surface area contributed by atoms with Crippen LogP contribution in [0.25, 0.3) is 0 Å². The van der Waals surface area contributed by atoms with Crippen molar-refractivity contribution >= 4 is 0 Å². The summed E-state index contributed by atoms with van der Waals surface area (Å²) in [6, 6.07) is 0. The maximum Gasteiger partial charge on any atom is -0.0213 e. The Morgan fingerprint density at radius 1 is 0.107 bits per heavy atom. The molecule has 3 atom stereocenters. The van der Waals surface area contributed by atoms with E-state index in [9.17, 15) is 0 Å². The topological polar surface area (TPSA) is 0 Å². The zero-order valence-corrected chi connectivity index (χ0v) is 80.7. The van der Waals surface area contributed by atoms with Crippen LogP contribution in [0.5, 0.6) is 0 Å². The molecule has 0 saturated heterocycles. The van der Waals surface area contributed by atoms with Gasteiger partial charge in [-0.2, -0.15) is 0 Å². The maximum absolute atomic E-state index is 2.40. The molecule has 0 aliphatic heterocycles. The van der Waals surface area contributed by atoms with Crippen LogP contribution in [0.4, 0.5) is 0 Å². The molecule has 0 rings (SSSR count). The molecule has 0 nitrogen and oxygen atoms in total. The van der Waals surface area contributed by atoms with Crippen molar-refractivity contribution in [1.29, 1.82) is 0 Å². The fourth-order valence-corrected chi connectivity index (χ4v) is 21.2. The van der Waals surface area contributed by atoms with Gasteiger partial charge >= 0.3 is 0 Å². The lowest BCUT2D eigenvalue weighted by molar-refractivity contribution is -0.0763. The Morgan fingerprint density at radius 2 is 0.205 bits per heavy atom. The molecule has 0 aromatic heterocycles. The predicted molar refractivity (Wildman–Crippen MR) is 519 cm³/mol. The predicted octanol–water partition coefficient (Wildman–Crippen LogP) is 43.5. The zero-order valence-electron chi connectivity index (χ0n) is 80.7. The van der Waals surface area contributed by atoms with Gasteiger partial charge < -0.3 is 0 Å². The standard InChI is InChI=1S/C112H226/c1-8-15-22-29-36-43-50-56-60-63-66-72-79-86-93-100-107-111(105-98-91-84-77-70-55-48-41-34-27-20-13-6,106-99-92-85-78-71-65-54-47-40-33-26-19-12-5)112(108-101-94-87-80-73-67-59-53-46-39-32-25-18-11-4,109-102-95-88-81-74-68-62-58-52-45-38-31-24-17-10-3)110(103-96-89-82-75-49-42-35-28-21-14-7)104-97-90-83-76-69-64-61-57-51-44-37-30-23-16-9-2/h110H,8-109H2,1-7H3. The van der Waals surface area contributed by atoms with Gasteiger partial charge in [0.05, 0.1) is 0 Å². The van der Waals surface area contributed by atoms with E-state index in [1.54, 1.807) is 57.8 Å². The van der Waals surface area contributed by atoms with Crippen LogP contribution in [0.1, 0.15) is 703 Å². The van der Waals surface area contributed by atoms with Crippen LogP contribution in [0.15, 0.2) is 0 Å². The van der Waals surface area contributed by atoms with Gasteiger partial charge in [0.15, 0.2) is 0 Å². The Kier molecular flexibility index (Phi) is 98.1. The number of hydrogen-bond acceptors (Lipinski definition) is 0. The second-order valence-electron chi connectivity index (χ2n) is 39.6. The van der Waals surface area contributed by atoms with Crippen LogP contribution in [0.3, 0.4) is 0 Å². The van der Waals surface area contributed by atoms with Crippen LogP contribution in [-0.2, 0) is 0 Å². The third kappa shape index (κ3) is 78.5. The molecule has 0 aromatic carbocycles. The van der Waals surface area contributed by atoms with Gasteiger partial charge in [0.1, 0.15) is 0 Å². The van der Waals surface area contributed by atoms with Crippen LogP contribution in [-0.4, -0.2) is 0 Å². The highest BCUT2D eigenvalue weighted by Gasteiger charge is 2.52. The van der Waals surface area contributed by atoms with Gasteiger partial charge in [-0.1, -0.05) is 658 Å². The van der Waals surface area contributed by atoms with Crippen molar-refractivity contribution in [3.8, 4) is 0 Å². The Balaban J connectivity index is 7.74. The molecular weight excluding hydrogens is 1350 g/mol. The average Bonchev–Trinajstić information content (AvgIpc) is 0.750. The summed E-state index contributed by atoms with van der Waals surface area (Å²) in [5.74, 6) is 0.928. The fourth-order valence-electron chi connectivity index (χ4n) is 21.2. The molecule has 0 fully saturated rings. The SMILES string of the molecule is CCCCCCCCCCCCCCCCCCC(CCCCCCCCCCCCCC)(CCCCCCCCCCCCCCC)C(CCCCCCCCCCCCCCCC)(CCCCCCCCCCCCCCCCC)C(CCCCCCCCCCCC)CCCCCCCCCCCCCCCCC. The summed E-state index contributed by atoms with van der Waals surface area (Å²) in [7, 11) is 0. The largest absolute Gasteiger partial charge is 0.0654 e. The van der Waals surface area contributed by atoms with E-state index in [0.29, 0.717) is 10.8 Å². The second-order valence-corrected chi connectivity index (χ2v) is 39.6. The van der Waals surface area contributed by atoms with Crippen molar-refractivity contribution in [2.45, 2.75) is 703 Å². The fraction of sp³-hybridized carbons (Fsp3) is 1.00. The van der Waals surface area contributed by atoms with E-state index >= 15 is 0 Å². The lowest BCUT2D eigenvalue weighted by Gasteiger charge is -2.57. The van der Waals surface area contributed by atoms with Gasteiger partial charge in [0.25, 0.3) is 0 Å². The van der Waals surface area contributed by atoms with Crippen molar-refractivity contribution in [3.05, 3.63) is 0 Å². The van der Waals surface area contributed by atoms with Crippen molar-refractivity contribution in [2.24, 2.45) is 16.7 Å². The Hall–Kier alpha value is 0. The molecule has 0 amide bonds. The summed E-state index contributed by atoms with van der Waals surface area (Å²) in [5, 5.41) is 0. The third-order valence-corrected chi connectivity index (χ3v) is 28.9. The van der Waals surface area contributed by atoms with Crippen molar-refractivity contribution in [3.63, 3.8) is 0 Å². The molecule has 3 unspecified atom stereocenters. The minimum atomic E-state index is 0.500. The van der Waals surface area contributed by atoms with Crippen LogP contribution < -0.4 is 0 Å². The van der Waals surface area contributed by atoms with Gasteiger partial charge in [-0.15, -0.1) is 0 Å². The highest BCUT2D eigenvalue weighted by atomic mass is 14.6. The van der Waals surface area contributed by atoms with E-state index in [-0.39, 0.29) is 0 Å². The maximum atomic E-state index is 2.40. The molecule has 0 bridgehead atoms. The molecule has 0 saturated carbocycles. The van der Waals surface area contributed by atoms with E-state index in [4.69, 9.17) is 0 Å². The van der Waals surface area contributed by atoms with E-state index < -0.39 is 0 Å². The molecule has 112 heavy (non-hydrogen) atoms. The summed E-state index contributed by atoms with van der Waals surface area (Å²) in [6.07, 6.45) is 152. The molecule has 0 spiro atoms. The summed E-state index contributed by atoms with van der Waals surface area (Å²) in [4.78, 5) is 0. The van der Waals surface area contributed by atoms with Gasteiger partial charge in [0.2, 0.25) is 0 Å². The molecule has 0 aliphatic rings. The molecule has 0 aromatic rings. The summed E-state index contributed by atoms with van der Waals surface area (Å²) in [5.41, 5.74) is 1.00. The van der Waals surface area contributed by atoms with Gasteiger partial charge in [0, 0.05) is 0 Å². The second kappa shape index (κ2) is 98.1. The highest BCUT2D eigenvalue weighted by Crippen LogP contribution is 2.62. The zero-order chi connectivity index (χ0) is 80.7. The van der Waals surface area contributed by atoms with E-state index in [2.05, 4.69) is 48.5 Å². The Labute approximate surface area is 715 Å². The first kappa shape index (κ1) is 112. The molecule has 0 heterocycles. The number of unbranched alkanes of at least 4 members (excludes halogenated alkanes) is 88. The molecule has 0 N–H and O–H groups in total. The van der Waals surface area contributed by atoms with E-state index in [1.165, 1.54) is 597 Å². The molecule has 0 aliphatic carbocycles. The lowest BCUT2D eigenvalue weighted by atomic mass is 9.47. The summed E-state index contributed by atoms with van der Waals surface area (Å²) >= 11 is 0. The quantitative estimate of drug-likeness (QED) is 0.0533. The van der Waals surface area contributed by atoms with Gasteiger partial charge in [-0.3, -0.25) is 0 Å². The molecule has 0 radical (unpaired) electrons. The Morgan fingerprint density at radius 3 is 0.330 bits per heavy atom. The van der Waals surface area contributed by atoms with Gasteiger partial charge in [-0.05, 0) is 61.7 Å². The monoisotopic (exact) mass is 1570 g/mol. The van der Waals surface area contributed by atoms with Crippen molar-refractivity contribution in [2.75, 3.05) is 0 Å². The first-order valence-corrected chi connectivity index (χ1v) is 55.6. The molecular formula is C112H226. The van der Waals surface area contributed by atoms with E-state index in [1.807, 2.05) is 0 Å². The third-order valence-electron chi connectivity index (χ3n) is 28.9. The lowest BCUT2D eigenvalue weighted by Crippen LogP contribution is -2.48.